The highest BCUT2D eigenvalue weighted by Crippen LogP contribution is 2.16. The van der Waals surface area contributed by atoms with Gasteiger partial charge in [0, 0.05) is 18.7 Å². The maximum Gasteiger partial charge on any atom is 0.253 e. The van der Waals surface area contributed by atoms with E-state index in [9.17, 15) is 9.90 Å². The number of amides is 1. The van der Waals surface area contributed by atoms with Gasteiger partial charge in [-0.15, -0.1) is 12.4 Å². The lowest BCUT2D eigenvalue weighted by Gasteiger charge is -2.29. The molecule has 5 heteroatoms. The molecule has 1 aliphatic rings. The Morgan fingerprint density at radius 1 is 1.28 bits per heavy atom. The van der Waals surface area contributed by atoms with Crippen LogP contribution in [0.3, 0.4) is 0 Å². The summed E-state index contributed by atoms with van der Waals surface area (Å²) in [6.45, 7) is 1.26. The minimum Gasteiger partial charge on any atom is -0.497 e. The first-order valence-electron chi connectivity index (χ1n) is 5.82. The van der Waals surface area contributed by atoms with Gasteiger partial charge in [-0.05, 0) is 37.1 Å². The SMILES string of the molecule is COc1ccc(C(=O)N2CCC(O)CC2)cc1.Cl. The zero-order valence-electron chi connectivity index (χ0n) is 10.3. The second kappa shape index (κ2) is 6.61. The lowest BCUT2D eigenvalue weighted by Crippen LogP contribution is -2.40. The van der Waals surface area contributed by atoms with Gasteiger partial charge in [0.15, 0.2) is 0 Å². The summed E-state index contributed by atoms with van der Waals surface area (Å²) in [5.74, 6) is 0.773. The van der Waals surface area contributed by atoms with Gasteiger partial charge in [-0.3, -0.25) is 4.79 Å². The van der Waals surface area contributed by atoms with E-state index in [0.29, 0.717) is 31.5 Å². The summed E-state index contributed by atoms with van der Waals surface area (Å²) < 4.78 is 5.05. The molecule has 0 unspecified atom stereocenters. The third kappa shape index (κ3) is 3.37. The van der Waals surface area contributed by atoms with Gasteiger partial charge in [0.2, 0.25) is 0 Å². The van der Waals surface area contributed by atoms with Crippen LogP contribution in [0.25, 0.3) is 0 Å². The minimum absolute atomic E-state index is 0. The number of likely N-dealkylation sites (tertiary alicyclic amines) is 1. The average Bonchev–Trinajstić information content (AvgIpc) is 2.39. The van der Waals surface area contributed by atoms with E-state index >= 15 is 0 Å². The van der Waals surface area contributed by atoms with Crippen LogP contribution in [0.1, 0.15) is 23.2 Å². The van der Waals surface area contributed by atoms with Crippen LogP contribution in [-0.4, -0.2) is 42.2 Å². The highest BCUT2D eigenvalue weighted by molar-refractivity contribution is 5.94. The topological polar surface area (TPSA) is 49.8 Å². The molecule has 1 amide bonds. The minimum atomic E-state index is -0.255. The molecule has 0 bridgehead atoms. The third-order valence-electron chi connectivity index (χ3n) is 3.09. The highest BCUT2D eigenvalue weighted by Gasteiger charge is 2.22. The molecule has 0 radical (unpaired) electrons. The fourth-order valence-electron chi connectivity index (χ4n) is 1.99. The Morgan fingerprint density at radius 2 is 1.83 bits per heavy atom. The zero-order chi connectivity index (χ0) is 12.3. The molecule has 1 saturated heterocycles. The smallest absolute Gasteiger partial charge is 0.253 e. The molecular weight excluding hydrogens is 254 g/mol. The molecule has 0 spiro atoms. The van der Waals surface area contributed by atoms with Crippen LogP contribution in [0.2, 0.25) is 0 Å². The molecule has 1 heterocycles. The molecular formula is C13H18ClNO3. The number of carbonyl (C=O) groups is 1. The quantitative estimate of drug-likeness (QED) is 0.891. The van der Waals surface area contributed by atoms with Crippen molar-refractivity contribution < 1.29 is 14.6 Å². The van der Waals surface area contributed by atoms with Gasteiger partial charge in [-0.25, -0.2) is 0 Å². The van der Waals surface area contributed by atoms with Gasteiger partial charge in [0.25, 0.3) is 5.91 Å². The van der Waals surface area contributed by atoms with E-state index < -0.39 is 0 Å². The number of benzene rings is 1. The summed E-state index contributed by atoms with van der Waals surface area (Å²) in [6, 6.07) is 7.11. The van der Waals surface area contributed by atoms with Crippen LogP contribution in [0.5, 0.6) is 5.75 Å². The van der Waals surface area contributed by atoms with Crippen molar-refractivity contribution in [1.29, 1.82) is 0 Å². The van der Waals surface area contributed by atoms with E-state index in [1.807, 2.05) is 0 Å². The van der Waals surface area contributed by atoms with Crippen LogP contribution in [0.15, 0.2) is 24.3 Å². The Kier molecular flexibility index (Phi) is 5.44. The zero-order valence-corrected chi connectivity index (χ0v) is 11.2. The number of halogens is 1. The summed E-state index contributed by atoms with van der Waals surface area (Å²) in [6.07, 6.45) is 1.08. The highest BCUT2D eigenvalue weighted by atomic mass is 35.5. The number of methoxy groups -OCH3 is 1. The van der Waals surface area contributed by atoms with Gasteiger partial charge in [0.1, 0.15) is 5.75 Å². The summed E-state index contributed by atoms with van der Waals surface area (Å²) in [5.41, 5.74) is 0.669. The van der Waals surface area contributed by atoms with Crippen LogP contribution >= 0.6 is 12.4 Å². The molecule has 2 rings (SSSR count). The number of carbonyl (C=O) groups excluding carboxylic acids is 1. The summed E-state index contributed by atoms with van der Waals surface area (Å²) in [7, 11) is 1.60. The lowest BCUT2D eigenvalue weighted by molar-refractivity contribution is 0.0546. The first-order chi connectivity index (χ1) is 8.20. The molecule has 0 saturated carbocycles. The Hall–Kier alpha value is -1.26. The van der Waals surface area contributed by atoms with Crippen LogP contribution in [0, 0.1) is 0 Å². The van der Waals surface area contributed by atoms with E-state index in [2.05, 4.69) is 0 Å². The van der Waals surface area contributed by atoms with Crippen molar-refractivity contribution in [2.24, 2.45) is 0 Å². The van der Waals surface area contributed by atoms with E-state index in [0.717, 1.165) is 5.75 Å². The maximum atomic E-state index is 12.1. The first kappa shape index (κ1) is 14.8. The van der Waals surface area contributed by atoms with E-state index in [1.165, 1.54) is 0 Å². The van der Waals surface area contributed by atoms with E-state index in [4.69, 9.17) is 4.74 Å². The van der Waals surface area contributed by atoms with E-state index in [-0.39, 0.29) is 24.4 Å². The van der Waals surface area contributed by atoms with Gasteiger partial charge in [-0.1, -0.05) is 0 Å². The number of ether oxygens (including phenoxy) is 1. The second-order valence-corrected chi connectivity index (χ2v) is 4.25. The Labute approximate surface area is 113 Å². The Morgan fingerprint density at radius 3 is 2.33 bits per heavy atom. The van der Waals surface area contributed by atoms with Gasteiger partial charge >= 0.3 is 0 Å². The largest absolute Gasteiger partial charge is 0.497 e. The van der Waals surface area contributed by atoms with Crippen LogP contribution in [-0.2, 0) is 0 Å². The maximum absolute atomic E-state index is 12.1. The van der Waals surface area contributed by atoms with Gasteiger partial charge in [0.05, 0.1) is 13.2 Å². The summed E-state index contributed by atoms with van der Waals surface area (Å²) in [5, 5.41) is 9.39. The fraction of sp³-hybridized carbons (Fsp3) is 0.462. The predicted octanol–water partition coefficient (Wildman–Crippen LogP) is 1.71. The van der Waals surface area contributed by atoms with Crippen molar-refractivity contribution in [1.82, 2.24) is 4.90 Å². The molecule has 1 aromatic rings. The summed E-state index contributed by atoms with van der Waals surface area (Å²) >= 11 is 0. The van der Waals surface area contributed by atoms with Gasteiger partial charge < -0.3 is 14.7 Å². The third-order valence-corrected chi connectivity index (χ3v) is 3.09. The predicted molar refractivity (Wildman–Crippen MR) is 71.4 cm³/mol. The van der Waals surface area contributed by atoms with Crippen molar-refractivity contribution in [3.63, 3.8) is 0 Å². The fourth-order valence-corrected chi connectivity index (χ4v) is 1.99. The molecule has 0 aliphatic carbocycles. The first-order valence-corrected chi connectivity index (χ1v) is 5.82. The molecule has 1 aliphatic heterocycles. The molecule has 4 nitrogen and oxygen atoms in total. The van der Waals surface area contributed by atoms with Crippen molar-refractivity contribution >= 4 is 18.3 Å². The van der Waals surface area contributed by atoms with Crippen LogP contribution < -0.4 is 4.74 Å². The Bertz CT molecular complexity index is 386. The molecule has 1 N–H and O–H groups in total. The number of aliphatic hydroxyl groups is 1. The molecule has 100 valence electrons. The lowest BCUT2D eigenvalue weighted by atomic mass is 10.1. The number of rotatable bonds is 2. The van der Waals surface area contributed by atoms with Crippen molar-refractivity contribution in [2.75, 3.05) is 20.2 Å². The van der Waals surface area contributed by atoms with E-state index in [1.54, 1.807) is 36.3 Å². The Balaban J connectivity index is 0.00000162. The number of hydrogen-bond acceptors (Lipinski definition) is 3. The number of piperidine rings is 1. The monoisotopic (exact) mass is 271 g/mol. The van der Waals surface area contributed by atoms with Gasteiger partial charge in [-0.2, -0.15) is 0 Å². The number of aliphatic hydroxyl groups excluding tert-OH is 1. The molecule has 0 aromatic heterocycles. The molecule has 1 fully saturated rings. The van der Waals surface area contributed by atoms with Crippen molar-refractivity contribution in [2.45, 2.75) is 18.9 Å². The standard InChI is InChI=1S/C13H17NO3.ClH/c1-17-12-4-2-10(3-5-12)13(16)14-8-6-11(15)7-9-14;/h2-5,11,15H,6-9H2,1H3;1H. The molecule has 1 aromatic carbocycles. The normalized spacial score (nSPS) is 16.0. The van der Waals surface area contributed by atoms with Crippen molar-refractivity contribution in [3.05, 3.63) is 29.8 Å². The second-order valence-electron chi connectivity index (χ2n) is 4.25. The summed E-state index contributed by atoms with van der Waals surface area (Å²) in [4.78, 5) is 13.9. The van der Waals surface area contributed by atoms with Crippen LogP contribution in [0.4, 0.5) is 0 Å². The number of hydrogen-bond donors (Lipinski definition) is 1. The molecule has 18 heavy (non-hydrogen) atoms. The number of nitrogens with zero attached hydrogens (tertiary/aromatic N) is 1. The van der Waals surface area contributed by atoms with Crippen molar-refractivity contribution in [3.8, 4) is 5.75 Å². The average molecular weight is 272 g/mol. The molecule has 0 atom stereocenters.